The van der Waals surface area contributed by atoms with Crippen molar-refractivity contribution < 1.29 is 19.4 Å². The summed E-state index contributed by atoms with van der Waals surface area (Å²) < 4.78 is 5.45. The number of carbonyl (C=O) groups excluding carboxylic acids is 1. The molecule has 4 heteroatoms. The zero-order chi connectivity index (χ0) is 18.6. The van der Waals surface area contributed by atoms with Gasteiger partial charge in [-0.25, -0.2) is 9.59 Å². The molecule has 0 aliphatic rings. The van der Waals surface area contributed by atoms with Crippen LogP contribution in [0.5, 0.6) is 5.75 Å². The topological polar surface area (TPSA) is 63.6 Å². The first-order valence-electron chi connectivity index (χ1n) is 8.11. The highest BCUT2D eigenvalue weighted by atomic mass is 16.5. The summed E-state index contributed by atoms with van der Waals surface area (Å²) in [5.41, 5.74) is 1.87. The summed E-state index contributed by atoms with van der Waals surface area (Å²) in [5.74, 6) is -1.48. The smallest absolute Gasteiger partial charge is 0.338 e. The summed E-state index contributed by atoms with van der Waals surface area (Å²) in [4.78, 5) is 23.8. The lowest BCUT2D eigenvalue weighted by Gasteiger charge is -2.25. The molecule has 2 aromatic carbocycles. The molecule has 0 saturated heterocycles. The summed E-state index contributed by atoms with van der Waals surface area (Å²) in [6, 6.07) is 14.4. The van der Waals surface area contributed by atoms with E-state index in [2.05, 4.69) is 6.58 Å². The van der Waals surface area contributed by atoms with Crippen LogP contribution in [-0.2, 0) is 4.79 Å². The number of ether oxygens (including phenoxy) is 1. The van der Waals surface area contributed by atoms with Crippen LogP contribution >= 0.6 is 0 Å². The van der Waals surface area contributed by atoms with Crippen molar-refractivity contribution in [1.82, 2.24) is 0 Å². The van der Waals surface area contributed by atoms with Gasteiger partial charge in [0.2, 0.25) is 0 Å². The van der Waals surface area contributed by atoms with Gasteiger partial charge in [0.15, 0.2) is 0 Å². The molecular formula is C21H22O4. The Morgan fingerprint density at radius 1 is 1.04 bits per heavy atom. The number of hydrogen-bond acceptors (Lipinski definition) is 3. The molecule has 0 aliphatic carbocycles. The Morgan fingerprint density at radius 3 is 2.20 bits per heavy atom. The maximum atomic E-state index is 12.0. The van der Waals surface area contributed by atoms with E-state index in [9.17, 15) is 14.7 Å². The van der Waals surface area contributed by atoms with E-state index < -0.39 is 11.9 Å². The van der Waals surface area contributed by atoms with E-state index in [0.29, 0.717) is 5.56 Å². The summed E-state index contributed by atoms with van der Waals surface area (Å²) in [6.45, 7) is 9.17. The van der Waals surface area contributed by atoms with E-state index in [4.69, 9.17) is 4.74 Å². The van der Waals surface area contributed by atoms with E-state index in [1.807, 2.05) is 44.2 Å². The average molecular weight is 338 g/mol. The lowest BCUT2D eigenvalue weighted by molar-refractivity contribution is -0.130. The van der Waals surface area contributed by atoms with Gasteiger partial charge in [-0.3, -0.25) is 0 Å². The monoisotopic (exact) mass is 338 g/mol. The van der Waals surface area contributed by atoms with Crippen LogP contribution in [0.3, 0.4) is 0 Å². The average Bonchev–Trinajstić information content (AvgIpc) is 2.56. The molecule has 2 aromatic rings. The van der Waals surface area contributed by atoms with E-state index in [1.165, 1.54) is 6.07 Å². The van der Waals surface area contributed by atoms with Gasteiger partial charge in [-0.2, -0.15) is 0 Å². The fourth-order valence-electron chi connectivity index (χ4n) is 2.87. The van der Waals surface area contributed by atoms with Crippen molar-refractivity contribution in [3.05, 3.63) is 77.4 Å². The molecule has 0 heterocycles. The van der Waals surface area contributed by atoms with E-state index in [1.54, 1.807) is 19.1 Å². The van der Waals surface area contributed by atoms with Gasteiger partial charge < -0.3 is 9.84 Å². The molecule has 0 bridgehead atoms. The lowest BCUT2D eigenvalue weighted by atomic mass is 9.80. The molecule has 1 unspecified atom stereocenters. The minimum Gasteiger partial charge on any atom is -0.478 e. The predicted molar refractivity (Wildman–Crippen MR) is 97.0 cm³/mol. The van der Waals surface area contributed by atoms with Crippen LogP contribution in [-0.4, -0.2) is 17.0 Å². The molecule has 0 saturated carbocycles. The van der Waals surface area contributed by atoms with Crippen molar-refractivity contribution in [2.45, 2.75) is 26.7 Å². The Hall–Kier alpha value is -2.88. The number of carbonyl (C=O) groups is 2. The largest absolute Gasteiger partial charge is 0.478 e. The summed E-state index contributed by atoms with van der Waals surface area (Å²) >= 11 is 0. The van der Waals surface area contributed by atoms with Crippen LogP contribution in [0.15, 0.2) is 60.7 Å². The number of esters is 1. The zero-order valence-corrected chi connectivity index (χ0v) is 14.7. The molecule has 2 rings (SSSR count). The van der Waals surface area contributed by atoms with Crippen LogP contribution in [0, 0.1) is 5.92 Å². The minimum absolute atomic E-state index is 0.102. The van der Waals surface area contributed by atoms with E-state index >= 15 is 0 Å². The first kappa shape index (κ1) is 18.5. The fourth-order valence-corrected chi connectivity index (χ4v) is 2.87. The quantitative estimate of drug-likeness (QED) is 0.473. The number of hydrogen-bond donors (Lipinski definition) is 1. The zero-order valence-electron chi connectivity index (χ0n) is 14.7. The van der Waals surface area contributed by atoms with Gasteiger partial charge in [-0.15, -0.1) is 0 Å². The maximum Gasteiger partial charge on any atom is 0.338 e. The third kappa shape index (κ3) is 4.15. The highest BCUT2D eigenvalue weighted by Crippen LogP contribution is 2.39. The van der Waals surface area contributed by atoms with Crippen molar-refractivity contribution in [3.8, 4) is 5.75 Å². The van der Waals surface area contributed by atoms with Gasteiger partial charge in [0.1, 0.15) is 5.75 Å². The molecule has 25 heavy (non-hydrogen) atoms. The normalized spacial score (nSPS) is 11.8. The summed E-state index contributed by atoms with van der Waals surface area (Å²) in [6.07, 6.45) is 0. The minimum atomic E-state index is -1.05. The highest BCUT2D eigenvalue weighted by Gasteiger charge is 2.28. The van der Waals surface area contributed by atoms with Crippen LogP contribution in [0.1, 0.15) is 48.2 Å². The highest BCUT2D eigenvalue weighted by molar-refractivity contribution is 5.93. The van der Waals surface area contributed by atoms with E-state index in [-0.39, 0.29) is 28.7 Å². The van der Waals surface area contributed by atoms with Crippen molar-refractivity contribution in [1.29, 1.82) is 0 Å². The molecule has 0 fully saturated rings. The van der Waals surface area contributed by atoms with Crippen LogP contribution in [0.4, 0.5) is 0 Å². The Balaban J connectivity index is 2.68. The van der Waals surface area contributed by atoms with Gasteiger partial charge in [0.05, 0.1) is 5.56 Å². The second-order valence-electron chi connectivity index (χ2n) is 6.32. The number of benzene rings is 2. The number of carboxylic acid groups (broad SMARTS) is 1. The first-order chi connectivity index (χ1) is 11.8. The number of carboxylic acids is 1. The third-order valence-electron chi connectivity index (χ3n) is 3.98. The van der Waals surface area contributed by atoms with Crippen LogP contribution in [0.25, 0.3) is 0 Å². The van der Waals surface area contributed by atoms with Gasteiger partial charge in [0.25, 0.3) is 0 Å². The van der Waals surface area contributed by atoms with Crippen molar-refractivity contribution in [2.24, 2.45) is 5.92 Å². The van der Waals surface area contributed by atoms with Crippen molar-refractivity contribution in [3.63, 3.8) is 0 Å². The van der Waals surface area contributed by atoms with Crippen molar-refractivity contribution >= 4 is 11.9 Å². The standard InChI is InChI=1S/C21H22O4/c1-13(2)18(15-9-6-5-7-10-15)19-16(20(22)23)11-8-12-17(19)25-21(24)14(3)4/h5-13,18H,3H2,1-2,4H3,(H,22,23). The predicted octanol–water partition coefficient (Wildman–Crippen LogP) is 4.65. The number of rotatable bonds is 6. The Kier molecular flexibility index (Phi) is 5.75. The van der Waals surface area contributed by atoms with Crippen LogP contribution < -0.4 is 4.74 Å². The first-order valence-corrected chi connectivity index (χ1v) is 8.11. The molecule has 1 N–H and O–H groups in total. The van der Waals surface area contributed by atoms with E-state index in [0.717, 1.165) is 5.56 Å². The van der Waals surface area contributed by atoms with Gasteiger partial charge in [0, 0.05) is 17.1 Å². The Morgan fingerprint density at radius 2 is 1.68 bits per heavy atom. The molecule has 0 spiro atoms. The van der Waals surface area contributed by atoms with Gasteiger partial charge >= 0.3 is 11.9 Å². The molecule has 130 valence electrons. The van der Waals surface area contributed by atoms with Crippen molar-refractivity contribution in [2.75, 3.05) is 0 Å². The number of aromatic carboxylic acids is 1. The molecule has 0 aliphatic heterocycles. The molecule has 4 nitrogen and oxygen atoms in total. The summed E-state index contributed by atoms with van der Waals surface area (Å²) in [5, 5.41) is 9.65. The second-order valence-corrected chi connectivity index (χ2v) is 6.32. The third-order valence-corrected chi connectivity index (χ3v) is 3.98. The molecule has 0 amide bonds. The van der Waals surface area contributed by atoms with Gasteiger partial charge in [-0.1, -0.05) is 56.8 Å². The Bertz CT molecular complexity index is 791. The fraction of sp³-hybridized carbons (Fsp3) is 0.238. The lowest BCUT2D eigenvalue weighted by Crippen LogP contribution is -2.17. The SMILES string of the molecule is C=C(C)C(=O)Oc1cccc(C(=O)O)c1C(c1ccccc1)C(C)C. The molecule has 0 aromatic heterocycles. The summed E-state index contributed by atoms with van der Waals surface area (Å²) in [7, 11) is 0. The Labute approximate surface area is 147 Å². The molecule has 1 atom stereocenters. The molecular weight excluding hydrogens is 316 g/mol. The second kappa shape index (κ2) is 7.79. The molecule has 0 radical (unpaired) electrons. The maximum absolute atomic E-state index is 12.0. The van der Waals surface area contributed by atoms with Gasteiger partial charge in [-0.05, 0) is 30.5 Å². The van der Waals surface area contributed by atoms with Crippen LogP contribution in [0.2, 0.25) is 0 Å².